The van der Waals surface area contributed by atoms with Crippen molar-refractivity contribution in [3.63, 3.8) is 0 Å². The summed E-state index contributed by atoms with van der Waals surface area (Å²) >= 11 is 5.80. The second-order valence-electron chi connectivity index (χ2n) is 5.32. The Kier molecular flexibility index (Phi) is 4.13. The number of fused-ring (bicyclic) bond motifs is 1. The fraction of sp³-hybridized carbons (Fsp3) is 0.278. The van der Waals surface area contributed by atoms with E-state index in [4.69, 9.17) is 16.3 Å². The Labute approximate surface area is 129 Å². The average Bonchev–Trinajstić information content (AvgIpc) is 2.55. The van der Waals surface area contributed by atoms with Crippen LogP contribution in [0.4, 0.5) is 0 Å². The van der Waals surface area contributed by atoms with E-state index in [0.29, 0.717) is 17.2 Å². The number of nitrogens with zero attached hydrogens (tertiary/aromatic N) is 1. The lowest BCUT2D eigenvalue weighted by Crippen LogP contribution is -2.02. The van der Waals surface area contributed by atoms with Crippen LogP contribution in [0.5, 0.6) is 11.5 Å². The summed E-state index contributed by atoms with van der Waals surface area (Å²) in [6.45, 7) is 0. The number of ether oxygens (including phenoxy) is 1. The van der Waals surface area contributed by atoms with Crippen molar-refractivity contribution in [1.29, 1.82) is 5.26 Å². The molecule has 3 rings (SSSR count). The van der Waals surface area contributed by atoms with Crippen LogP contribution in [0.2, 0.25) is 0 Å². The van der Waals surface area contributed by atoms with Crippen molar-refractivity contribution in [2.45, 2.75) is 31.6 Å². The molecule has 0 radical (unpaired) electrons. The van der Waals surface area contributed by atoms with Gasteiger partial charge in [0.1, 0.15) is 17.6 Å². The highest BCUT2D eigenvalue weighted by Crippen LogP contribution is 2.30. The van der Waals surface area contributed by atoms with Gasteiger partial charge in [-0.05, 0) is 66.6 Å². The van der Waals surface area contributed by atoms with E-state index < -0.39 is 0 Å². The van der Waals surface area contributed by atoms with E-state index in [0.717, 1.165) is 24.2 Å². The van der Waals surface area contributed by atoms with E-state index >= 15 is 0 Å². The topological polar surface area (TPSA) is 33.0 Å². The maximum Gasteiger partial charge on any atom is 0.145 e. The highest BCUT2D eigenvalue weighted by atomic mass is 35.5. The van der Waals surface area contributed by atoms with E-state index in [1.165, 1.54) is 24.0 Å². The molecule has 0 bridgehead atoms. The molecule has 0 saturated carbocycles. The van der Waals surface area contributed by atoms with Crippen molar-refractivity contribution in [3.05, 3.63) is 58.7 Å². The highest BCUT2D eigenvalue weighted by molar-refractivity contribution is 6.17. The summed E-state index contributed by atoms with van der Waals surface area (Å²) in [5, 5.41) is 9.24. The zero-order valence-corrected chi connectivity index (χ0v) is 12.5. The summed E-state index contributed by atoms with van der Waals surface area (Å²) in [6, 6.07) is 13.9. The molecular formula is C18H16ClNO. The molecule has 2 aromatic rings. The zero-order chi connectivity index (χ0) is 14.7. The molecule has 0 amide bonds. The van der Waals surface area contributed by atoms with Gasteiger partial charge in [-0.2, -0.15) is 5.26 Å². The minimum atomic E-state index is 0.397. The number of hydrogen-bond acceptors (Lipinski definition) is 2. The van der Waals surface area contributed by atoms with Crippen LogP contribution in [0.15, 0.2) is 36.4 Å². The van der Waals surface area contributed by atoms with Gasteiger partial charge in [0.2, 0.25) is 0 Å². The molecule has 0 unspecified atom stereocenters. The van der Waals surface area contributed by atoms with Gasteiger partial charge in [-0.3, -0.25) is 0 Å². The Bertz CT molecular complexity index is 703. The van der Waals surface area contributed by atoms with E-state index in [1.807, 2.05) is 18.2 Å². The van der Waals surface area contributed by atoms with Crippen LogP contribution in [-0.2, 0) is 18.7 Å². The first-order valence-electron chi connectivity index (χ1n) is 7.19. The number of benzene rings is 2. The number of hydrogen-bond donors (Lipinski definition) is 0. The predicted octanol–water partition coefficient (Wildman–Crippen LogP) is 4.97. The SMILES string of the molecule is N#Cc1cc(CCl)ccc1Oc1ccc2c(c1)CCCC2. The van der Waals surface area contributed by atoms with E-state index in [2.05, 4.69) is 18.2 Å². The Hall–Kier alpha value is -1.98. The van der Waals surface area contributed by atoms with Gasteiger partial charge in [0, 0.05) is 5.88 Å². The Balaban J connectivity index is 1.88. The summed E-state index contributed by atoms with van der Waals surface area (Å²) in [5.74, 6) is 1.78. The third kappa shape index (κ3) is 3.04. The third-order valence-electron chi connectivity index (χ3n) is 3.87. The summed E-state index contributed by atoms with van der Waals surface area (Å²) in [4.78, 5) is 0. The van der Waals surface area contributed by atoms with Crippen molar-refractivity contribution >= 4 is 11.6 Å². The van der Waals surface area contributed by atoms with Crippen LogP contribution in [0.25, 0.3) is 0 Å². The summed E-state index contributed by atoms with van der Waals surface area (Å²) in [5.41, 5.74) is 4.23. The number of halogens is 1. The molecule has 1 aliphatic carbocycles. The second kappa shape index (κ2) is 6.20. The molecule has 0 aromatic heterocycles. The van der Waals surface area contributed by atoms with E-state index in [9.17, 15) is 5.26 Å². The van der Waals surface area contributed by atoms with Crippen molar-refractivity contribution in [2.75, 3.05) is 0 Å². The lowest BCUT2D eigenvalue weighted by molar-refractivity contribution is 0.479. The third-order valence-corrected chi connectivity index (χ3v) is 4.18. The Morgan fingerprint density at radius 1 is 1.05 bits per heavy atom. The largest absolute Gasteiger partial charge is 0.456 e. The average molecular weight is 298 g/mol. The monoisotopic (exact) mass is 297 g/mol. The molecule has 0 heterocycles. The smallest absolute Gasteiger partial charge is 0.145 e. The molecule has 0 fully saturated rings. The van der Waals surface area contributed by atoms with Crippen LogP contribution in [0.3, 0.4) is 0 Å². The van der Waals surface area contributed by atoms with Crippen LogP contribution >= 0.6 is 11.6 Å². The van der Waals surface area contributed by atoms with Crippen LogP contribution in [-0.4, -0.2) is 0 Å². The van der Waals surface area contributed by atoms with Crippen molar-refractivity contribution in [3.8, 4) is 17.6 Å². The van der Waals surface area contributed by atoms with Gasteiger partial charge >= 0.3 is 0 Å². The maximum atomic E-state index is 9.24. The minimum absolute atomic E-state index is 0.397. The van der Waals surface area contributed by atoms with Gasteiger partial charge in [-0.15, -0.1) is 11.6 Å². The molecule has 2 nitrogen and oxygen atoms in total. The fourth-order valence-corrected chi connectivity index (χ4v) is 2.90. The molecule has 3 heteroatoms. The van der Waals surface area contributed by atoms with Crippen LogP contribution in [0, 0.1) is 11.3 Å². The first-order chi connectivity index (χ1) is 10.3. The molecule has 0 spiro atoms. The highest BCUT2D eigenvalue weighted by Gasteiger charge is 2.11. The second-order valence-corrected chi connectivity index (χ2v) is 5.58. The van der Waals surface area contributed by atoms with Crippen molar-refractivity contribution < 1.29 is 4.74 Å². The summed E-state index contributed by atoms with van der Waals surface area (Å²) < 4.78 is 5.90. The Morgan fingerprint density at radius 2 is 1.86 bits per heavy atom. The lowest BCUT2D eigenvalue weighted by Gasteiger charge is -2.17. The van der Waals surface area contributed by atoms with Gasteiger partial charge in [0.15, 0.2) is 0 Å². The summed E-state index contributed by atoms with van der Waals surface area (Å²) in [7, 11) is 0. The molecular weight excluding hydrogens is 282 g/mol. The summed E-state index contributed by atoms with van der Waals surface area (Å²) in [6.07, 6.45) is 4.78. The Morgan fingerprint density at radius 3 is 2.62 bits per heavy atom. The van der Waals surface area contributed by atoms with Crippen molar-refractivity contribution in [1.82, 2.24) is 0 Å². The van der Waals surface area contributed by atoms with Gasteiger partial charge in [0.25, 0.3) is 0 Å². The number of rotatable bonds is 3. The van der Waals surface area contributed by atoms with Crippen LogP contribution < -0.4 is 4.74 Å². The van der Waals surface area contributed by atoms with E-state index in [-0.39, 0.29) is 0 Å². The fourth-order valence-electron chi connectivity index (χ4n) is 2.74. The van der Waals surface area contributed by atoms with Gasteiger partial charge in [-0.1, -0.05) is 12.1 Å². The first-order valence-corrected chi connectivity index (χ1v) is 7.72. The maximum absolute atomic E-state index is 9.24. The molecule has 0 saturated heterocycles. The lowest BCUT2D eigenvalue weighted by atomic mass is 9.92. The zero-order valence-electron chi connectivity index (χ0n) is 11.7. The first kappa shape index (κ1) is 14.0. The molecule has 0 N–H and O–H groups in total. The quantitative estimate of drug-likeness (QED) is 0.749. The van der Waals surface area contributed by atoms with Crippen molar-refractivity contribution in [2.24, 2.45) is 0 Å². The number of alkyl halides is 1. The molecule has 1 aliphatic rings. The van der Waals surface area contributed by atoms with Gasteiger partial charge in [0.05, 0.1) is 5.56 Å². The molecule has 2 aromatic carbocycles. The van der Waals surface area contributed by atoms with Gasteiger partial charge < -0.3 is 4.74 Å². The standard InChI is InChI=1S/C18H16ClNO/c19-11-13-5-8-18(16(9-13)12-20)21-17-7-6-14-3-1-2-4-15(14)10-17/h5-10H,1-4,11H2. The van der Waals surface area contributed by atoms with E-state index in [1.54, 1.807) is 6.07 Å². The predicted molar refractivity (Wildman–Crippen MR) is 83.9 cm³/mol. The minimum Gasteiger partial charge on any atom is -0.456 e. The number of nitriles is 1. The van der Waals surface area contributed by atoms with Gasteiger partial charge in [-0.25, -0.2) is 0 Å². The molecule has 106 valence electrons. The molecule has 0 aliphatic heterocycles. The normalized spacial score (nSPS) is 13.3. The molecule has 21 heavy (non-hydrogen) atoms. The number of aryl methyl sites for hydroxylation is 2. The molecule has 0 atom stereocenters. The van der Waals surface area contributed by atoms with Crippen LogP contribution in [0.1, 0.15) is 35.1 Å².